The van der Waals surface area contributed by atoms with Gasteiger partial charge >= 0.3 is 14.8 Å². The van der Waals surface area contributed by atoms with Crippen LogP contribution in [0.15, 0.2) is 103 Å². The van der Waals surface area contributed by atoms with E-state index in [0.717, 1.165) is 5.56 Å². The average molecular weight is 617 g/mol. The third-order valence-electron chi connectivity index (χ3n) is 7.04. The topological polar surface area (TPSA) is 136 Å². The number of benzene rings is 2. The lowest BCUT2D eigenvalue weighted by atomic mass is 9.77. The summed E-state index contributed by atoms with van der Waals surface area (Å²) in [5.41, 5.74) is 3.93. The largest absolute Gasteiger partial charge is 0.569 e. The second-order valence-corrected chi connectivity index (χ2v) is 10.4. The van der Waals surface area contributed by atoms with E-state index < -0.39 is 7.12 Å². The number of carbonyl (C=O) groups is 2. The standard InChI is InChI=1S/C34H33B2N4O6/c1-25(2)33(41)37-18-9-19-38-34(42)26-17-21-40(23-27-10-3-5-13-31(27)36(44)45)30(22-26)16-15-29-12-7-8-20-39(29)24-28-11-4-6-14-32(28)46-35-43/h3-8,10-14,17,20-22,43-45H,1,9,18-19,23-24H2,2H3/p+2. The van der Waals surface area contributed by atoms with Crippen LogP contribution in [0.5, 0.6) is 5.75 Å². The summed E-state index contributed by atoms with van der Waals surface area (Å²) in [5.74, 6) is 6.44. The molecule has 2 aromatic heterocycles. The van der Waals surface area contributed by atoms with Crippen LogP contribution in [0.3, 0.4) is 0 Å². The molecule has 0 aliphatic rings. The summed E-state index contributed by atoms with van der Waals surface area (Å²) in [5, 5.41) is 34.6. The molecule has 2 amide bonds. The van der Waals surface area contributed by atoms with E-state index in [1.165, 1.54) is 0 Å². The number of rotatable bonds is 13. The maximum absolute atomic E-state index is 13.1. The van der Waals surface area contributed by atoms with Crippen LogP contribution < -0.4 is 29.9 Å². The van der Waals surface area contributed by atoms with Gasteiger partial charge in [-0.3, -0.25) is 9.59 Å². The molecule has 0 bridgehead atoms. The van der Waals surface area contributed by atoms with Crippen LogP contribution in [-0.2, 0) is 17.9 Å². The molecule has 0 fully saturated rings. The highest BCUT2D eigenvalue weighted by Gasteiger charge is 2.21. The summed E-state index contributed by atoms with van der Waals surface area (Å²) in [7, 11) is -0.998. The van der Waals surface area contributed by atoms with Gasteiger partial charge in [0, 0.05) is 60.3 Å². The number of nitrogens with one attached hydrogen (secondary N) is 2. The van der Waals surface area contributed by atoms with Crippen molar-refractivity contribution in [3.8, 4) is 17.6 Å². The Kier molecular flexibility index (Phi) is 12.3. The molecule has 0 unspecified atom stereocenters. The molecular weight excluding hydrogens is 582 g/mol. The summed E-state index contributed by atoms with van der Waals surface area (Å²) < 4.78 is 9.04. The molecule has 1 radical (unpaired) electrons. The first kappa shape index (κ1) is 33.7. The molecule has 0 saturated carbocycles. The minimum atomic E-state index is -1.64. The first-order chi connectivity index (χ1) is 22.3. The molecule has 0 aliphatic carbocycles. The molecule has 0 spiro atoms. The van der Waals surface area contributed by atoms with E-state index in [1.807, 2.05) is 57.8 Å². The summed E-state index contributed by atoms with van der Waals surface area (Å²) in [6.45, 7) is 6.70. The minimum absolute atomic E-state index is 0.224. The summed E-state index contributed by atoms with van der Waals surface area (Å²) in [6.07, 6.45) is 4.17. The molecule has 0 saturated heterocycles. The Balaban J connectivity index is 1.63. The molecule has 0 aliphatic heterocycles. The van der Waals surface area contributed by atoms with Crippen LogP contribution in [0.1, 0.15) is 46.2 Å². The van der Waals surface area contributed by atoms with Crippen molar-refractivity contribution in [2.45, 2.75) is 26.4 Å². The smallest absolute Gasteiger partial charge is 0.537 e. The molecule has 5 N–H and O–H groups in total. The number of carbonyl (C=O) groups excluding carboxylic acids is 2. The number of hydrogen-bond acceptors (Lipinski definition) is 6. The Morgan fingerprint density at radius 1 is 0.870 bits per heavy atom. The van der Waals surface area contributed by atoms with E-state index in [4.69, 9.17) is 4.65 Å². The number of amides is 2. The number of aromatic nitrogens is 2. The van der Waals surface area contributed by atoms with Crippen LogP contribution in [-0.4, -0.2) is 54.8 Å². The van der Waals surface area contributed by atoms with Crippen LogP contribution in [0.25, 0.3) is 0 Å². The molecule has 231 valence electrons. The van der Waals surface area contributed by atoms with Crippen LogP contribution in [0.4, 0.5) is 0 Å². The zero-order valence-electron chi connectivity index (χ0n) is 25.5. The lowest BCUT2D eigenvalue weighted by molar-refractivity contribution is -0.691. The van der Waals surface area contributed by atoms with Crippen molar-refractivity contribution in [1.82, 2.24) is 10.6 Å². The first-order valence-corrected chi connectivity index (χ1v) is 14.7. The Hall–Kier alpha value is -5.21. The average Bonchev–Trinajstić information content (AvgIpc) is 3.05. The van der Waals surface area contributed by atoms with Gasteiger partial charge in [-0.05, 0) is 37.0 Å². The number of nitrogens with zero attached hydrogens (tertiary/aromatic N) is 2. The number of para-hydroxylation sites is 1. The summed E-state index contributed by atoms with van der Waals surface area (Å²) >= 11 is 0. The van der Waals surface area contributed by atoms with Crippen molar-refractivity contribution in [2.75, 3.05) is 13.1 Å². The molecule has 12 heteroatoms. The van der Waals surface area contributed by atoms with E-state index in [2.05, 4.69) is 29.1 Å². The molecule has 2 aromatic carbocycles. The fourth-order valence-corrected chi connectivity index (χ4v) is 4.62. The van der Waals surface area contributed by atoms with Crippen molar-refractivity contribution < 1.29 is 38.4 Å². The molecule has 4 aromatic rings. The molecule has 10 nitrogen and oxygen atoms in total. The molecule has 4 rings (SSSR count). The first-order valence-electron chi connectivity index (χ1n) is 14.7. The van der Waals surface area contributed by atoms with E-state index in [0.29, 0.717) is 73.0 Å². The van der Waals surface area contributed by atoms with Crippen molar-refractivity contribution >= 4 is 32.1 Å². The van der Waals surface area contributed by atoms with Gasteiger partial charge in [0.25, 0.3) is 17.3 Å². The Labute approximate surface area is 269 Å². The van der Waals surface area contributed by atoms with Crippen molar-refractivity contribution in [3.63, 3.8) is 0 Å². The van der Waals surface area contributed by atoms with Gasteiger partial charge in [-0.25, -0.2) is 0 Å². The maximum atomic E-state index is 13.1. The van der Waals surface area contributed by atoms with Gasteiger partial charge in [0.15, 0.2) is 25.5 Å². The monoisotopic (exact) mass is 617 g/mol. The fourth-order valence-electron chi connectivity index (χ4n) is 4.62. The highest BCUT2D eigenvalue weighted by molar-refractivity contribution is 6.59. The van der Waals surface area contributed by atoms with Gasteiger partial charge in [0.05, 0.1) is 11.1 Å². The number of hydrogen-bond donors (Lipinski definition) is 5. The SMILES string of the molecule is C=C(C)C(=O)NCCCNC(=O)c1cc[n+](Cc2ccccc2B(O)O)c(C#Cc2cccc[n+]2Cc2ccccc2O[B]O)c1. The normalized spacial score (nSPS) is 10.3. The van der Waals surface area contributed by atoms with Crippen molar-refractivity contribution in [2.24, 2.45) is 0 Å². The van der Waals surface area contributed by atoms with E-state index in [-0.39, 0.29) is 18.4 Å². The lowest BCUT2D eigenvalue weighted by Gasteiger charge is -2.09. The Morgan fingerprint density at radius 3 is 2.28 bits per heavy atom. The fraction of sp³-hybridized carbons (Fsp3) is 0.176. The second kappa shape index (κ2) is 16.7. The zero-order chi connectivity index (χ0) is 32.9. The van der Waals surface area contributed by atoms with Gasteiger partial charge in [-0.2, -0.15) is 9.13 Å². The summed E-state index contributed by atoms with van der Waals surface area (Å²) in [4.78, 5) is 24.7. The minimum Gasteiger partial charge on any atom is -0.537 e. The van der Waals surface area contributed by atoms with Gasteiger partial charge in [-0.1, -0.05) is 43.0 Å². The molecule has 2 heterocycles. The predicted octanol–water partition coefficient (Wildman–Crippen LogP) is 0.155. The van der Waals surface area contributed by atoms with Gasteiger partial charge in [0.2, 0.25) is 5.91 Å². The lowest BCUT2D eigenvalue weighted by Crippen LogP contribution is -2.43. The highest BCUT2D eigenvalue weighted by atomic mass is 16.5. The van der Waals surface area contributed by atoms with E-state index >= 15 is 0 Å². The van der Waals surface area contributed by atoms with E-state index in [9.17, 15) is 24.7 Å². The third-order valence-corrected chi connectivity index (χ3v) is 7.04. The molecule has 0 atom stereocenters. The highest BCUT2D eigenvalue weighted by Crippen LogP contribution is 2.17. The van der Waals surface area contributed by atoms with Crippen LogP contribution in [0, 0.1) is 11.8 Å². The van der Waals surface area contributed by atoms with Crippen molar-refractivity contribution in [3.05, 3.63) is 131 Å². The van der Waals surface area contributed by atoms with Crippen LogP contribution in [0.2, 0.25) is 0 Å². The van der Waals surface area contributed by atoms with Gasteiger partial charge in [-0.15, -0.1) is 0 Å². The third kappa shape index (κ3) is 9.39. The van der Waals surface area contributed by atoms with Gasteiger partial charge in [0.1, 0.15) is 5.75 Å². The van der Waals surface area contributed by atoms with Crippen LogP contribution >= 0.6 is 0 Å². The predicted molar refractivity (Wildman–Crippen MR) is 174 cm³/mol. The van der Waals surface area contributed by atoms with Crippen molar-refractivity contribution in [1.29, 1.82) is 0 Å². The second-order valence-electron chi connectivity index (χ2n) is 10.4. The molecule has 46 heavy (non-hydrogen) atoms. The summed E-state index contributed by atoms with van der Waals surface area (Å²) in [6, 6.07) is 23.4. The Morgan fingerprint density at radius 2 is 1.52 bits per heavy atom. The quantitative estimate of drug-likeness (QED) is 0.0477. The molecular formula is C34H35B2N4O6+2. The van der Waals surface area contributed by atoms with E-state index in [1.54, 1.807) is 49.5 Å². The Bertz CT molecular complexity index is 1770. The number of pyridine rings is 2. The maximum Gasteiger partial charge on any atom is 0.569 e. The zero-order valence-corrected chi connectivity index (χ0v) is 25.5. The van der Waals surface area contributed by atoms with Gasteiger partial charge < -0.3 is 30.4 Å².